The molecule has 1 aromatic heterocycles. The van der Waals surface area contributed by atoms with Crippen LogP contribution in [0.3, 0.4) is 0 Å². The van der Waals surface area contributed by atoms with Crippen molar-refractivity contribution < 1.29 is 0 Å². The monoisotopic (exact) mass is 887 g/mol. The number of hydrogen-bond donors (Lipinski definition) is 0. The van der Waals surface area contributed by atoms with E-state index in [-0.39, 0.29) is 5.92 Å². The highest BCUT2D eigenvalue weighted by atomic mass is 32.2. The topological polar surface area (TPSA) is 3.24 Å². The van der Waals surface area contributed by atoms with Crippen LogP contribution in [0.4, 0.5) is 17.1 Å². The van der Waals surface area contributed by atoms with Gasteiger partial charge in [-0.2, -0.15) is 0 Å². The molecule has 1 aliphatic heterocycles. The van der Waals surface area contributed by atoms with E-state index in [2.05, 4.69) is 248 Å². The van der Waals surface area contributed by atoms with Crippen molar-refractivity contribution in [2.24, 2.45) is 0 Å². The summed E-state index contributed by atoms with van der Waals surface area (Å²) < 4.78 is 2.57. The van der Waals surface area contributed by atoms with Crippen LogP contribution in [0.2, 0.25) is 0 Å². The highest BCUT2D eigenvalue weighted by Gasteiger charge is 2.53. The van der Waals surface area contributed by atoms with E-state index < -0.39 is 5.41 Å². The normalized spacial score (nSPS) is 16.3. The number of hydrogen-bond acceptors (Lipinski definition) is 3. The number of fused-ring (bicyclic) bond motifs is 14. The largest absolute Gasteiger partial charge is 0.310 e. The Bertz CT molecular complexity index is 3750. The number of rotatable bonds is 6. The molecule has 0 fully saturated rings. The predicted molar refractivity (Wildman–Crippen MR) is 283 cm³/mol. The smallest absolute Gasteiger partial charge is 0.0719 e. The second kappa shape index (κ2) is 15.2. The molecule has 10 aromatic carbocycles. The van der Waals surface area contributed by atoms with Crippen molar-refractivity contribution in [3.05, 3.63) is 292 Å². The fourth-order valence-electron chi connectivity index (χ4n) is 11.7. The summed E-state index contributed by atoms with van der Waals surface area (Å²) in [5, 5.41) is 2.54. The van der Waals surface area contributed by atoms with Gasteiger partial charge in [0.25, 0.3) is 0 Å². The van der Waals surface area contributed by atoms with Crippen LogP contribution >= 0.6 is 23.1 Å². The van der Waals surface area contributed by atoms with Crippen LogP contribution in [-0.2, 0) is 5.41 Å². The first-order chi connectivity index (χ1) is 33.2. The van der Waals surface area contributed by atoms with Crippen molar-refractivity contribution in [2.45, 2.75) is 21.1 Å². The average molecular weight is 888 g/mol. The highest BCUT2D eigenvalue weighted by molar-refractivity contribution is 7.99. The quantitative estimate of drug-likeness (QED) is 0.153. The van der Waals surface area contributed by atoms with Crippen molar-refractivity contribution in [3.8, 4) is 11.1 Å². The first-order valence-electron chi connectivity index (χ1n) is 23.1. The Morgan fingerprint density at radius 1 is 0.418 bits per heavy atom. The fourth-order valence-corrected chi connectivity index (χ4v) is 13.9. The lowest BCUT2D eigenvalue weighted by molar-refractivity contribution is 0.681. The minimum absolute atomic E-state index is 0.188. The van der Waals surface area contributed by atoms with Crippen LogP contribution in [0.25, 0.3) is 42.9 Å². The van der Waals surface area contributed by atoms with E-state index in [1.807, 2.05) is 23.1 Å². The Morgan fingerprint density at radius 2 is 1.03 bits per heavy atom. The summed E-state index contributed by atoms with van der Waals surface area (Å²) in [6.07, 6.45) is 2.42. The third-order valence-electron chi connectivity index (χ3n) is 14.4. The van der Waals surface area contributed by atoms with Gasteiger partial charge in [0.15, 0.2) is 0 Å². The lowest BCUT2D eigenvalue weighted by atomic mass is 9.58. The zero-order valence-corrected chi connectivity index (χ0v) is 38.1. The van der Waals surface area contributed by atoms with Crippen LogP contribution in [-0.4, -0.2) is 0 Å². The second-order valence-corrected chi connectivity index (χ2v) is 20.1. The maximum absolute atomic E-state index is 2.46. The Kier molecular flexibility index (Phi) is 8.74. The van der Waals surface area contributed by atoms with Gasteiger partial charge in [-0.3, -0.25) is 0 Å². The van der Waals surface area contributed by atoms with Crippen LogP contribution in [0.5, 0.6) is 0 Å². The Labute approximate surface area is 399 Å². The van der Waals surface area contributed by atoms with E-state index >= 15 is 0 Å². The van der Waals surface area contributed by atoms with Gasteiger partial charge in [0.05, 0.1) is 5.41 Å². The van der Waals surface area contributed by atoms with Gasteiger partial charge in [0, 0.05) is 52.9 Å². The number of nitrogens with zero attached hydrogens (tertiary/aromatic N) is 1. The minimum atomic E-state index is -0.442. The van der Waals surface area contributed by atoms with E-state index in [1.165, 1.54) is 102 Å². The van der Waals surface area contributed by atoms with E-state index in [0.717, 1.165) is 17.1 Å². The Morgan fingerprint density at radius 3 is 1.82 bits per heavy atom. The molecule has 14 rings (SSSR count). The molecule has 0 amide bonds. The summed E-state index contributed by atoms with van der Waals surface area (Å²) >= 11 is 3.79. The molecule has 3 heteroatoms. The third-order valence-corrected chi connectivity index (χ3v) is 16.7. The maximum Gasteiger partial charge on any atom is 0.0719 e. The summed E-state index contributed by atoms with van der Waals surface area (Å²) in [5.74, 6) is 0.188. The molecule has 0 radical (unpaired) electrons. The second-order valence-electron chi connectivity index (χ2n) is 17.9. The molecule has 2 unspecified atom stereocenters. The van der Waals surface area contributed by atoms with E-state index in [1.54, 1.807) is 0 Å². The van der Waals surface area contributed by atoms with Crippen LogP contribution in [0.15, 0.2) is 246 Å². The number of thiophene rings is 1. The molecule has 67 heavy (non-hydrogen) atoms. The van der Waals surface area contributed by atoms with Crippen molar-refractivity contribution in [1.29, 1.82) is 0 Å². The lowest BCUT2D eigenvalue weighted by Crippen LogP contribution is -2.36. The zero-order chi connectivity index (χ0) is 44.1. The first kappa shape index (κ1) is 38.6. The molecule has 3 aliphatic rings. The molecule has 2 aliphatic carbocycles. The first-order valence-corrected chi connectivity index (χ1v) is 24.7. The van der Waals surface area contributed by atoms with E-state index in [0.29, 0.717) is 0 Å². The van der Waals surface area contributed by atoms with Crippen LogP contribution in [0, 0.1) is 0 Å². The molecule has 0 saturated carbocycles. The third kappa shape index (κ3) is 5.82. The Balaban J connectivity index is 0.939. The summed E-state index contributed by atoms with van der Waals surface area (Å²) in [7, 11) is 0. The van der Waals surface area contributed by atoms with E-state index in [9.17, 15) is 0 Å². The summed E-state index contributed by atoms with van der Waals surface area (Å²) in [5.41, 5.74) is 20.2. The van der Waals surface area contributed by atoms with Gasteiger partial charge >= 0.3 is 0 Å². The molecular weight excluding hydrogens is 847 g/mol. The number of benzene rings is 10. The van der Waals surface area contributed by atoms with Crippen molar-refractivity contribution in [3.63, 3.8) is 0 Å². The maximum atomic E-state index is 2.46. The molecule has 11 aromatic rings. The molecule has 1 nitrogen and oxygen atoms in total. The zero-order valence-electron chi connectivity index (χ0n) is 36.4. The van der Waals surface area contributed by atoms with Crippen molar-refractivity contribution in [2.75, 3.05) is 4.90 Å². The summed E-state index contributed by atoms with van der Waals surface area (Å²) in [6.45, 7) is 0. The van der Waals surface area contributed by atoms with Gasteiger partial charge in [0.2, 0.25) is 0 Å². The molecule has 0 bridgehead atoms. The van der Waals surface area contributed by atoms with Gasteiger partial charge < -0.3 is 4.90 Å². The summed E-state index contributed by atoms with van der Waals surface area (Å²) in [6, 6.07) is 88.2. The van der Waals surface area contributed by atoms with E-state index in [4.69, 9.17) is 0 Å². The molecule has 0 saturated heterocycles. The van der Waals surface area contributed by atoms with Crippen LogP contribution in [0.1, 0.15) is 61.6 Å². The van der Waals surface area contributed by atoms with Gasteiger partial charge in [-0.1, -0.05) is 176 Å². The number of anilines is 3. The SMILES string of the molecule is C(=C(/c1ccccc1)c1ccc2sc3ccc(N(c4ccccc4)c4ccccc4)cc3c2c1)/c1ccc2c(c1)-c1ccccc1C21c2ccccc2C2c3ccccc3Sc3cccc1c32. The van der Waals surface area contributed by atoms with Crippen molar-refractivity contribution >= 4 is 72.0 Å². The highest BCUT2D eigenvalue weighted by Crippen LogP contribution is 2.65. The lowest BCUT2D eigenvalue weighted by Gasteiger charge is -2.45. The van der Waals surface area contributed by atoms with Crippen LogP contribution < -0.4 is 4.90 Å². The average Bonchev–Trinajstić information content (AvgIpc) is 3.90. The predicted octanol–water partition coefficient (Wildman–Crippen LogP) is 17.4. The fraction of sp³-hybridized carbons (Fsp3) is 0.0312. The van der Waals surface area contributed by atoms with Gasteiger partial charge in [-0.15, -0.1) is 11.3 Å². The molecule has 1 spiro atoms. The molecule has 314 valence electrons. The van der Waals surface area contributed by atoms with Gasteiger partial charge in [0.1, 0.15) is 0 Å². The van der Waals surface area contributed by atoms with Crippen molar-refractivity contribution in [1.82, 2.24) is 0 Å². The standard InChI is InChI=1S/C64H41NS2/c1-4-17-42(18-5-1)50(43-32-35-59-52(39-43)53-40-46(33-36-60(53)66-59)65(44-19-6-2-7-20-44)45-21-8-3-9-22-45)37-41-31-34-56-51(38-41)47-23-10-13-26-54(47)64(56)55-27-14-11-24-48(55)62-49-25-12-15-29-58(49)67-61-30-16-28-57(64)63(61)62/h1-40,62H/b50-37+. The molecular formula is C64H41NS2. The Hall–Kier alpha value is -7.69. The molecule has 0 N–H and O–H groups in total. The molecule has 2 atom stereocenters. The van der Waals surface area contributed by atoms with Gasteiger partial charge in [-0.05, 0) is 151 Å². The minimum Gasteiger partial charge on any atom is -0.310 e. The number of para-hydroxylation sites is 2. The molecule has 2 heterocycles. The van der Waals surface area contributed by atoms with Gasteiger partial charge in [-0.25, -0.2) is 0 Å². The summed E-state index contributed by atoms with van der Waals surface area (Å²) in [4.78, 5) is 5.08.